The number of aryl methyl sites for hydroxylation is 2. The summed E-state index contributed by atoms with van der Waals surface area (Å²) in [5, 5.41) is 20.2. The van der Waals surface area contributed by atoms with Gasteiger partial charge in [0.1, 0.15) is 12.4 Å². The van der Waals surface area contributed by atoms with Crippen LogP contribution in [0.4, 0.5) is 5.95 Å². The zero-order chi connectivity index (χ0) is 25.4. The zero-order valence-electron chi connectivity index (χ0n) is 20.2. The van der Waals surface area contributed by atoms with E-state index in [9.17, 15) is 14.7 Å². The Hall–Kier alpha value is -4.01. The Bertz CT molecular complexity index is 1640. The van der Waals surface area contributed by atoms with Gasteiger partial charge in [0.2, 0.25) is 5.95 Å². The Morgan fingerprint density at radius 2 is 1.92 bits per heavy atom. The van der Waals surface area contributed by atoms with Crippen molar-refractivity contribution in [2.45, 2.75) is 39.0 Å². The smallest absolute Gasteiger partial charge is 0.332 e. The van der Waals surface area contributed by atoms with Gasteiger partial charge in [0.25, 0.3) is 5.56 Å². The number of aliphatic hydroxyl groups excluding tert-OH is 2. The van der Waals surface area contributed by atoms with Crippen molar-refractivity contribution in [3.8, 4) is 11.8 Å². The highest BCUT2D eigenvalue weighted by Gasteiger charge is 2.26. The topological polar surface area (TPSA) is 131 Å². The summed E-state index contributed by atoms with van der Waals surface area (Å²) in [6.07, 6.45) is 0.954. The third kappa shape index (κ3) is 4.14. The predicted octanol–water partition coefficient (Wildman–Crippen LogP) is 0.153. The van der Waals surface area contributed by atoms with Crippen molar-refractivity contribution in [1.82, 2.24) is 28.7 Å². The Morgan fingerprint density at radius 3 is 2.69 bits per heavy atom. The molecule has 1 aliphatic rings. The number of hydrogen-bond acceptors (Lipinski definition) is 8. The Morgan fingerprint density at radius 1 is 1.11 bits per heavy atom. The molecular formula is C25H27N7O4. The van der Waals surface area contributed by atoms with Crippen molar-refractivity contribution in [2.24, 2.45) is 7.05 Å². The lowest BCUT2D eigenvalue weighted by Crippen LogP contribution is -2.41. The Labute approximate surface area is 206 Å². The molecule has 0 unspecified atom stereocenters. The van der Waals surface area contributed by atoms with Crippen LogP contribution in [-0.4, -0.2) is 64.7 Å². The number of benzene rings is 1. The van der Waals surface area contributed by atoms with E-state index in [0.717, 1.165) is 27.6 Å². The molecule has 1 aliphatic heterocycles. The Kier molecular flexibility index (Phi) is 6.30. The molecular weight excluding hydrogens is 462 g/mol. The minimum atomic E-state index is -0.529. The summed E-state index contributed by atoms with van der Waals surface area (Å²) >= 11 is 0. The number of anilines is 1. The maximum absolute atomic E-state index is 13.7. The van der Waals surface area contributed by atoms with E-state index in [4.69, 9.17) is 5.11 Å². The number of imidazole rings is 1. The summed E-state index contributed by atoms with van der Waals surface area (Å²) in [6.45, 7) is 2.57. The maximum Gasteiger partial charge on any atom is 0.332 e. The molecule has 0 saturated carbocycles. The number of hydrogen-bond donors (Lipinski definition) is 2. The van der Waals surface area contributed by atoms with Crippen LogP contribution in [-0.2, 0) is 20.1 Å². The first kappa shape index (κ1) is 23.7. The first-order valence-corrected chi connectivity index (χ1v) is 11.8. The van der Waals surface area contributed by atoms with Crippen molar-refractivity contribution in [2.75, 3.05) is 24.6 Å². The fraction of sp³-hybridized carbons (Fsp3) is 0.400. The minimum Gasteiger partial charge on any atom is -0.391 e. The fourth-order valence-corrected chi connectivity index (χ4v) is 4.72. The molecule has 0 amide bonds. The molecule has 3 aromatic heterocycles. The van der Waals surface area contributed by atoms with Crippen LogP contribution in [0.3, 0.4) is 0 Å². The second kappa shape index (κ2) is 9.56. The average Bonchev–Trinajstić information content (AvgIpc) is 3.25. The Balaban J connectivity index is 1.68. The van der Waals surface area contributed by atoms with Crippen molar-refractivity contribution >= 4 is 28.0 Å². The van der Waals surface area contributed by atoms with Crippen molar-refractivity contribution in [3.05, 3.63) is 56.6 Å². The van der Waals surface area contributed by atoms with Gasteiger partial charge in [-0.2, -0.15) is 4.98 Å². The fourth-order valence-electron chi connectivity index (χ4n) is 4.72. The van der Waals surface area contributed by atoms with Crippen LogP contribution in [0, 0.1) is 18.8 Å². The second-order valence-corrected chi connectivity index (χ2v) is 8.90. The van der Waals surface area contributed by atoms with E-state index in [2.05, 4.69) is 26.8 Å². The minimum absolute atomic E-state index is 0.0953. The van der Waals surface area contributed by atoms with Crippen LogP contribution in [0.15, 0.2) is 33.9 Å². The summed E-state index contributed by atoms with van der Waals surface area (Å²) in [6, 6.07) is 7.58. The quantitative estimate of drug-likeness (QED) is 0.388. The van der Waals surface area contributed by atoms with Gasteiger partial charge in [-0.05, 0) is 25.8 Å². The average molecular weight is 490 g/mol. The predicted molar refractivity (Wildman–Crippen MR) is 135 cm³/mol. The number of rotatable bonds is 4. The van der Waals surface area contributed by atoms with E-state index >= 15 is 0 Å². The van der Waals surface area contributed by atoms with E-state index in [1.807, 2.05) is 36.1 Å². The highest BCUT2D eigenvalue weighted by molar-refractivity contribution is 5.80. The lowest BCUT2D eigenvalue weighted by Gasteiger charge is -2.31. The molecule has 11 heteroatoms. The molecule has 1 atom stereocenters. The second-order valence-electron chi connectivity index (χ2n) is 8.90. The van der Waals surface area contributed by atoms with Gasteiger partial charge in [-0.15, -0.1) is 0 Å². The number of aliphatic hydroxyl groups is 2. The molecule has 36 heavy (non-hydrogen) atoms. The number of piperidine rings is 1. The van der Waals surface area contributed by atoms with Gasteiger partial charge in [0.15, 0.2) is 11.2 Å². The van der Waals surface area contributed by atoms with Gasteiger partial charge in [0, 0.05) is 31.2 Å². The molecule has 0 bridgehead atoms. The van der Waals surface area contributed by atoms with Gasteiger partial charge in [-0.25, -0.2) is 14.8 Å². The number of aromatic nitrogens is 6. The molecule has 4 heterocycles. The number of fused-ring (bicyclic) bond motifs is 2. The number of para-hydroxylation sites is 1. The number of β-amino-alcohol motifs (C(OH)–C–C–N with tert-alkyl or cyclic N) is 1. The molecule has 0 spiro atoms. The van der Waals surface area contributed by atoms with E-state index in [1.54, 1.807) is 11.6 Å². The molecule has 2 N–H and O–H groups in total. The molecule has 4 aromatic rings. The SMILES string of the molecule is Cc1nc(Cn2c(=O)c3c(nc(N4CCC[C@H](O)C4)n3CC#CCO)n(C)c2=O)nc2ccccc12. The van der Waals surface area contributed by atoms with E-state index in [-0.39, 0.29) is 30.9 Å². The summed E-state index contributed by atoms with van der Waals surface area (Å²) in [4.78, 5) is 42.6. The summed E-state index contributed by atoms with van der Waals surface area (Å²) < 4.78 is 4.10. The summed E-state index contributed by atoms with van der Waals surface area (Å²) in [5.74, 6) is 6.27. The highest BCUT2D eigenvalue weighted by atomic mass is 16.3. The van der Waals surface area contributed by atoms with Gasteiger partial charge in [-0.3, -0.25) is 18.5 Å². The zero-order valence-corrected chi connectivity index (χ0v) is 20.2. The van der Waals surface area contributed by atoms with Gasteiger partial charge in [-0.1, -0.05) is 30.0 Å². The monoisotopic (exact) mass is 489 g/mol. The first-order chi connectivity index (χ1) is 17.4. The number of nitrogens with zero attached hydrogens (tertiary/aromatic N) is 7. The molecule has 1 fully saturated rings. The van der Waals surface area contributed by atoms with Crippen molar-refractivity contribution < 1.29 is 10.2 Å². The molecule has 0 radical (unpaired) electrons. The van der Waals surface area contributed by atoms with Crippen LogP contribution in [0.5, 0.6) is 0 Å². The standard InChI is InChI=1S/C25H27N7O4/c1-16-18-9-3-4-10-19(18)27-20(26-16)15-32-23(35)21-22(29(2)25(32)36)28-24(31(21)12-5-6-13-33)30-11-7-8-17(34)14-30/h3-4,9-10,17,33-34H,7-8,11-15H2,1-2H3/t17-/m0/s1. The lowest BCUT2D eigenvalue weighted by molar-refractivity contribution is 0.153. The van der Waals surface area contributed by atoms with Crippen LogP contribution in [0.1, 0.15) is 24.4 Å². The maximum atomic E-state index is 13.7. The first-order valence-electron chi connectivity index (χ1n) is 11.8. The lowest BCUT2D eigenvalue weighted by atomic mass is 10.1. The van der Waals surface area contributed by atoms with Crippen LogP contribution in [0.2, 0.25) is 0 Å². The van der Waals surface area contributed by atoms with Crippen molar-refractivity contribution in [1.29, 1.82) is 0 Å². The van der Waals surface area contributed by atoms with Crippen LogP contribution < -0.4 is 16.1 Å². The van der Waals surface area contributed by atoms with Crippen LogP contribution in [0.25, 0.3) is 22.1 Å². The van der Waals surface area contributed by atoms with Gasteiger partial charge >= 0.3 is 5.69 Å². The molecule has 0 aliphatic carbocycles. The van der Waals surface area contributed by atoms with E-state index in [0.29, 0.717) is 31.3 Å². The molecule has 186 valence electrons. The molecule has 1 saturated heterocycles. The largest absolute Gasteiger partial charge is 0.391 e. The van der Waals surface area contributed by atoms with Crippen LogP contribution >= 0.6 is 0 Å². The molecule has 5 rings (SSSR count). The summed E-state index contributed by atoms with van der Waals surface area (Å²) in [5.41, 5.74) is 0.899. The summed E-state index contributed by atoms with van der Waals surface area (Å²) in [7, 11) is 1.57. The third-order valence-electron chi connectivity index (χ3n) is 6.47. The molecule has 1 aromatic carbocycles. The van der Waals surface area contributed by atoms with Crippen molar-refractivity contribution in [3.63, 3.8) is 0 Å². The van der Waals surface area contributed by atoms with E-state index in [1.165, 1.54) is 4.57 Å². The normalized spacial score (nSPS) is 15.9. The van der Waals surface area contributed by atoms with Gasteiger partial charge < -0.3 is 15.1 Å². The highest BCUT2D eigenvalue weighted by Crippen LogP contribution is 2.23. The van der Waals surface area contributed by atoms with Gasteiger partial charge in [0.05, 0.1) is 24.7 Å². The molecule has 11 nitrogen and oxygen atoms in total. The third-order valence-corrected chi connectivity index (χ3v) is 6.47. The van der Waals surface area contributed by atoms with E-state index < -0.39 is 17.4 Å².